The van der Waals surface area contributed by atoms with Crippen LogP contribution in [0.15, 0.2) is 18.2 Å². The Labute approximate surface area is 114 Å². The lowest BCUT2D eigenvalue weighted by Crippen LogP contribution is -2.31. The zero-order chi connectivity index (χ0) is 14.3. The van der Waals surface area contributed by atoms with Crippen molar-refractivity contribution in [1.29, 1.82) is 0 Å². The van der Waals surface area contributed by atoms with Gasteiger partial charge >= 0.3 is 0 Å². The van der Waals surface area contributed by atoms with Gasteiger partial charge in [-0.05, 0) is 25.6 Å². The summed E-state index contributed by atoms with van der Waals surface area (Å²) in [5.41, 5.74) is 1.86. The summed E-state index contributed by atoms with van der Waals surface area (Å²) in [4.78, 5) is 12.9. The van der Waals surface area contributed by atoms with Gasteiger partial charge in [-0.25, -0.2) is 0 Å². The van der Waals surface area contributed by atoms with Gasteiger partial charge in [0.25, 0.3) is 5.69 Å². The number of nitrogens with zero attached hydrogens (tertiary/aromatic N) is 2. The Kier molecular flexibility index (Phi) is 6.45. The van der Waals surface area contributed by atoms with Crippen molar-refractivity contribution in [2.24, 2.45) is 0 Å². The first kappa shape index (κ1) is 15.6. The standard InChI is InChI=1S/C14H23N3O2/c1-4-16(5-2)9-8-15-11-13-7-6-12(3)14(10-13)17(18)19/h6-7,10,15H,4-5,8-9,11H2,1-3H3. The van der Waals surface area contributed by atoms with Crippen LogP contribution in [0.2, 0.25) is 0 Å². The maximum absolute atomic E-state index is 10.8. The third-order valence-electron chi connectivity index (χ3n) is 3.30. The monoisotopic (exact) mass is 265 g/mol. The van der Waals surface area contributed by atoms with Gasteiger partial charge in [-0.1, -0.05) is 26.0 Å². The fourth-order valence-electron chi connectivity index (χ4n) is 1.97. The second-order valence-corrected chi connectivity index (χ2v) is 4.58. The normalized spacial score (nSPS) is 10.9. The fourth-order valence-corrected chi connectivity index (χ4v) is 1.97. The summed E-state index contributed by atoms with van der Waals surface area (Å²) < 4.78 is 0. The van der Waals surface area contributed by atoms with E-state index in [9.17, 15) is 10.1 Å². The van der Waals surface area contributed by atoms with Crippen molar-refractivity contribution in [3.63, 3.8) is 0 Å². The molecule has 5 heteroatoms. The fraction of sp³-hybridized carbons (Fsp3) is 0.571. The summed E-state index contributed by atoms with van der Waals surface area (Å²) >= 11 is 0. The van der Waals surface area contributed by atoms with Gasteiger partial charge in [0, 0.05) is 31.3 Å². The summed E-state index contributed by atoms with van der Waals surface area (Å²) in [6, 6.07) is 5.39. The summed E-state index contributed by atoms with van der Waals surface area (Å²) in [6.45, 7) is 10.7. The Bertz CT molecular complexity index is 417. The van der Waals surface area contributed by atoms with Crippen molar-refractivity contribution in [3.05, 3.63) is 39.4 Å². The topological polar surface area (TPSA) is 58.4 Å². The van der Waals surface area contributed by atoms with Crippen molar-refractivity contribution >= 4 is 5.69 Å². The predicted octanol–water partition coefficient (Wildman–Crippen LogP) is 2.33. The van der Waals surface area contributed by atoms with Gasteiger partial charge in [0.05, 0.1) is 4.92 Å². The van der Waals surface area contributed by atoms with Crippen LogP contribution in [-0.2, 0) is 6.54 Å². The molecule has 0 aromatic heterocycles. The zero-order valence-electron chi connectivity index (χ0n) is 12.0. The lowest BCUT2D eigenvalue weighted by molar-refractivity contribution is -0.385. The molecule has 1 N–H and O–H groups in total. The number of aryl methyl sites for hydroxylation is 1. The third-order valence-corrected chi connectivity index (χ3v) is 3.30. The molecule has 1 rings (SSSR count). The van der Waals surface area contributed by atoms with E-state index >= 15 is 0 Å². The van der Waals surface area contributed by atoms with E-state index < -0.39 is 0 Å². The number of nitro benzene ring substituents is 1. The van der Waals surface area contributed by atoms with Gasteiger partial charge < -0.3 is 10.2 Å². The van der Waals surface area contributed by atoms with Crippen molar-refractivity contribution in [2.45, 2.75) is 27.3 Å². The lowest BCUT2D eigenvalue weighted by Gasteiger charge is -2.18. The first-order valence-corrected chi connectivity index (χ1v) is 6.75. The van der Waals surface area contributed by atoms with E-state index in [1.165, 1.54) is 0 Å². The highest BCUT2D eigenvalue weighted by atomic mass is 16.6. The Balaban J connectivity index is 2.46. The number of hydrogen-bond acceptors (Lipinski definition) is 4. The molecule has 0 saturated heterocycles. The molecule has 0 aliphatic heterocycles. The van der Waals surface area contributed by atoms with E-state index in [4.69, 9.17) is 0 Å². The largest absolute Gasteiger partial charge is 0.311 e. The van der Waals surface area contributed by atoms with Crippen LogP contribution < -0.4 is 5.32 Å². The van der Waals surface area contributed by atoms with Crippen LogP contribution in [0.25, 0.3) is 0 Å². The van der Waals surface area contributed by atoms with Crippen LogP contribution in [0.3, 0.4) is 0 Å². The minimum absolute atomic E-state index is 0.197. The summed E-state index contributed by atoms with van der Waals surface area (Å²) in [6.07, 6.45) is 0. The SMILES string of the molecule is CCN(CC)CCNCc1ccc(C)c([N+](=O)[O-])c1. The molecular formula is C14H23N3O2. The average molecular weight is 265 g/mol. The van der Waals surface area contributed by atoms with Crippen LogP contribution in [-0.4, -0.2) is 36.0 Å². The Morgan fingerprint density at radius 1 is 1.32 bits per heavy atom. The second-order valence-electron chi connectivity index (χ2n) is 4.58. The predicted molar refractivity (Wildman–Crippen MR) is 77.3 cm³/mol. The van der Waals surface area contributed by atoms with Crippen LogP contribution >= 0.6 is 0 Å². The molecule has 0 heterocycles. The molecule has 0 unspecified atom stereocenters. The summed E-state index contributed by atoms with van der Waals surface area (Å²) in [7, 11) is 0. The third kappa shape index (κ3) is 4.96. The van der Waals surface area contributed by atoms with Crippen LogP contribution in [0.4, 0.5) is 5.69 Å². The van der Waals surface area contributed by atoms with Crippen molar-refractivity contribution in [2.75, 3.05) is 26.2 Å². The Hall–Kier alpha value is -1.46. The highest BCUT2D eigenvalue weighted by molar-refractivity contribution is 5.42. The van der Waals surface area contributed by atoms with Crippen molar-refractivity contribution in [3.8, 4) is 0 Å². The van der Waals surface area contributed by atoms with E-state index in [1.807, 2.05) is 6.07 Å². The molecular weight excluding hydrogens is 242 g/mol. The number of hydrogen-bond donors (Lipinski definition) is 1. The minimum Gasteiger partial charge on any atom is -0.311 e. The molecule has 0 aliphatic rings. The van der Waals surface area contributed by atoms with Gasteiger partial charge in [-0.15, -0.1) is 0 Å². The van der Waals surface area contributed by atoms with E-state index in [0.29, 0.717) is 12.1 Å². The molecule has 0 amide bonds. The molecule has 0 radical (unpaired) electrons. The molecule has 5 nitrogen and oxygen atoms in total. The van der Waals surface area contributed by atoms with Crippen LogP contribution in [0.1, 0.15) is 25.0 Å². The summed E-state index contributed by atoms with van der Waals surface area (Å²) in [5, 5.41) is 14.2. The van der Waals surface area contributed by atoms with Gasteiger partial charge in [0.2, 0.25) is 0 Å². The lowest BCUT2D eigenvalue weighted by atomic mass is 10.1. The van der Waals surface area contributed by atoms with Gasteiger partial charge in [-0.2, -0.15) is 0 Å². The molecule has 0 aliphatic carbocycles. The Morgan fingerprint density at radius 2 is 2.00 bits per heavy atom. The molecule has 1 aromatic rings. The molecule has 106 valence electrons. The maximum Gasteiger partial charge on any atom is 0.272 e. The first-order chi connectivity index (χ1) is 9.08. The van der Waals surface area contributed by atoms with Gasteiger partial charge in [0.1, 0.15) is 0 Å². The smallest absolute Gasteiger partial charge is 0.272 e. The quantitative estimate of drug-likeness (QED) is 0.445. The average Bonchev–Trinajstić information content (AvgIpc) is 2.40. The second kappa shape index (κ2) is 7.86. The van der Waals surface area contributed by atoms with Gasteiger partial charge in [0.15, 0.2) is 0 Å². The van der Waals surface area contributed by atoms with E-state index in [1.54, 1.807) is 19.1 Å². The molecule has 1 aromatic carbocycles. The van der Waals surface area contributed by atoms with Crippen LogP contribution in [0, 0.1) is 17.0 Å². The zero-order valence-corrected chi connectivity index (χ0v) is 12.0. The first-order valence-electron chi connectivity index (χ1n) is 6.75. The van der Waals surface area contributed by atoms with Crippen LogP contribution in [0.5, 0.6) is 0 Å². The molecule has 0 bridgehead atoms. The summed E-state index contributed by atoms with van der Waals surface area (Å²) in [5.74, 6) is 0. The number of nitro groups is 1. The van der Waals surface area contributed by atoms with E-state index in [0.717, 1.165) is 31.7 Å². The van der Waals surface area contributed by atoms with E-state index in [2.05, 4.69) is 24.1 Å². The Morgan fingerprint density at radius 3 is 2.58 bits per heavy atom. The van der Waals surface area contributed by atoms with Gasteiger partial charge in [-0.3, -0.25) is 10.1 Å². The number of rotatable bonds is 8. The highest BCUT2D eigenvalue weighted by Crippen LogP contribution is 2.18. The molecule has 0 atom stereocenters. The number of nitrogens with one attached hydrogen (secondary N) is 1. The molecule has 0 fully saturated rings. The van der Waals surface area contributed by atoms with Crippen molar-refractivity contribution in [1.82, 2.24) is 10.2 Å². The molecule has 19 heavy (non-hydrogen) atoms. The molecule has 0 saturated carbocycles. The number of likely N-dealkylation sites (N-methyl/N-ethyl adjacent to an activating group) is 1. The van der Waals surface area contributed by atoms with E-state index in [-0.39, 0.29) is 10.6 Å². The highest BCUT2D eigenvalue weighted by Gasteiger charge is 2.10. The minimum atomic E-state index is -0.325. The van der Waals surface area contributed by atoms with Crippen molar-refractivity contribution < 1.29 is 4.92 Å². The molecule has 0 spiro atoms. The maximum atomic E-state index is 10.8. The number of benzene rings is 1.